The van der Waals surface area contributed by atoms with E-state index in [1.54, 1.807) is 7.11 Å². The van der Waals surface area contributed by atoms with E-state index in [9.17, 15) is 4.79 Å². The van der Waals surface area contributed by atoms with Crippen LogP contribution in [0.3, 0.4) is 0 Å². The first kappa shape index (κ1) is 12.5. The quantitative estimate of drug-likeness (QED) is 0.882. The van der Waals surface area contributed by atoms with Crippen LogP contribution in [0.15, 0.2) is 18.2 Å². The zero-order valence-corrected chi connectivity index (χ0v) is 11.4. The van der Waals surface area contributed by atoms with Gasteiger partial charge in [-0.15, -0.1) is 0 Å². The molecule has 19 heavy (non-hydrogen) atoms. The van der Waals surface area contributed by atoms with Gasteiger partial charge in [-0.25, -0.2) is 0 Å². The highest BCUT2D eigenvalue weighted by molar-refractivity contribution is 5.80. The highest BCUT2D eigenvalue weighted by atomic mass is 16.5. The first-order chi connectivity index (χ1) is 9.28. The van der Waals surface area contributed by atoms with Crippen molar-refractivity contribution < 1.29 is 9.53 Å². The van der Waals surface area contributed by atoms with E-state index in [0.717, 1.165) is 38.0 Å². The van der Waals surface area contributed by atoms with Gasteiger partial charge in [0, 0.05) is 12.5 Å². The molecule has 2 aliphatic carbocycles. The molecule has 3 rings (SSSR count). The molecule has 3 heteroatoms. The van der Waals surface area contributed by atoms with Crippen LogP contribution in [-0.2, 0) is 11.2 Å². The molecule has 1 atom stereocenters. The molecule has 1 N–H and O–H groups in total. The number of nitrogens with one attached hydrogen (secondary N) is 1. The van der Waals surface area contributed by atoms with Crippen LogP contribution in [0.5, 0.6) is 5.75 Å². The van der Waals surface area contributed by atoms with E-state index in [4.69, 9.17) is 4.74 Å². The van der Waals surface area contributed by atoms with E-state index in [2.05, 4.69) is 17.4 Å². The fourth-order valence-electron chi connectivity index (χ4n) is 2.95. The number of methoxy groups -OCH3 is 1. The Balaban J connectivity index is 1.57. The molecule has 1 amide bonds. The van der Waals surface area contributed by atoms with Gasteiger partial charge in [0.1, 0.15) is 5.75 Å². The van der Waals surface area contributed by atoms with Gasteiger partial charge in [-0.05, 0) is 61.3 Å². The molecule has 1 aromatic carbocycles. The average Bonchev–Trinajstić information content (AvgIpc) is 3.21. The Hall–Kier alpha value is -1.51. The van der Waals surface area contributed by atoms with Crippen LogP contribution in [0.2, 0.25) is 0 Å². The predicted octanol–water partition coefficient (Wildman–Crippen LogP) is 2.64. The summed E-state index contributed by atoms with van der Waals surface area (Å²) in [5.41, 5.74) is 2.86. The van der Waals surface area contributed by atoms with Crippen LogP contribution < -0.4 is 10.1 Å². The largest absolute Gasteiger partial charge is 0.497 e. The molecule has 102 valence electrons. The lowest BCUT2D eigenvalue weighted by atomic mass is 9.97. The summed E-state index contributed by atoms with van der Waals surface area (Å²) < 4.78 is 5.30. The maximum atomic E-state index is 11.6. The molecule has 0 aromatic heterocycles. The van der Waals surface area contributed by atoms with Crippen molar-refractivity contribution >= 4 is 5.91 Å². The summed E-state index contributed by atoms with van der Waals surface area (Å²) in [5, 5.41) is 3.06. The van der Waals surface area contributed by atoms with Crippen molar-refractivity contribution in [2.24, 2.45) is 5.92 Å². The fraction of sp³-hybridized carbons (Fsp3) is 0.562. The molecule has 0 saturated heterocycles. The fourth-order valence-corrected chi connectivity index (χ4v) is 2.95. The first-order valence-corrected chi connectivity index (χ1v) is 7.22. The minimum absolute atomic E-state index is 0.254. The van der Waals surface area contributed by atoms with Crippen LogP contribution in [0.4, 0.5) is 0 Å². The monoisotopic (exact) mass is 259 g/mol. The van der Waals surface area contributed by atoms with Crippen molar-refractivity contribution in [2.75, 3.05) is 13.7 Å². The second-order valence-electron chi connectivity index (χ2n) is 5.65. The molecule has 0 aliphatic heterocycles. The van der Waals surface area contributed by atoms with E-state index in [-0.39, 0.29) is 5.91 Å². The molecule has 0 heterocycles. The van der Waals surface area contributed by atoms with E-state index < -0.39 is 0 Å². The Morgan fingerprint density at radius 3 is 2.95 bits per heavy atom. The van der Waals surface area contributed by atoms with Crippen LogP contribution in [-0.4, -0.2) is 19.6 Å². The van der Waals surface area contributed by atoms with Gasteiger partial charge in [-0.3, -0.25) is 4.79 Å². The maximum absolute atomic E-state index is 11.6. The summed E-state index contributed by atoms with van der Waals surface area (Å²) in [4.78, 5) is 11.6. The molecule has 0 unspecified atom stereocenters. The molecule has 0 spiro atoms. The highest BCUT2D eigenvalue weighted by Crippen LogP contribution is 2.37. The van der Waals surface area contributed by atoms with Crippen LogP contribution in [0.25, 0.3) is 0 Å². The topological polar surface area (TPSA) is 38.3 Å². The summed E-state index contributed by atoms with van der Waals surface area (Å²) in [6.45, 7) is 0.802. The van der Waals surface area contributed by atoms with Gasteiger partial charge < -0.3 is 10.1 Å². The number of carbonyl (C=O) groups excluding carboxylic acids is 1. The number of rotatable bonds is 5. The van der Waals surface area contributed by atoms with E-state index in [1.807, 2.05) is 6.07 Å². The van der Waals surface area contributed by atoms with Crippen molar-refractivity contribution in [3.05, 3.63) is 29.3 Å². The maximum Gasteiger partial charge on any atom is 0.223 e. The second kappa shape index (κ2) is 5.24. The van der Waals surface area contributed by atoms with Gasteiger partial charge >= 0.3 is 0 Å². The second-order valence-corrected chi connectivity index (χ2v) is 5.65. The normalized spacial score (nSPS) is 21.0. The lowest BCUT2D eigenvalue weighted by molar-refractivity contribution is -0.122. The number of aryl methyl sites for hydroxylation is 1. The number of carbonyl (C=O) groups is 1. The van der Waals surface area contributed by atoms with Gasteiger partial charge in [0.15, 0.2) is 0 Å². The van der Waals surface area contributed by atoms with Crippen molar-refractivity contribution in [3.8, 4) is 5.75 Å². The van der Waals surface area contributed by atoms with Crippen molar-refractivity contribution in [1.29, 1.82) is 0 Å². The SMILES string of the molecule is COc1ccc2c(c1)[C@H](CCNC(=O)C1CC1)CC2. The van der Waals surface area contributed by atoms with Crippen LogP contribution >= 0.6 is 0 Å². The third-order valence-corrected chi connectivity index (χ3v) is 4.30. The number of ether oxygens (including phenoxy) is 1. The Morgan fingerprint density at radius 1 is 1.37 bits per heavy atom. The zero-order valence-electron chi connectivity index (χ0n) is 11.4. The van der Waals surface area contributed by atoms with Crippen molar-refractivity contribution in [1.82, 2.24) is 5.32 Å². The highest BCUT2D eigenvalue weighted by Gasteiger charge is 2.29. The summed E-state index contributed by atoms with van der Waals surface area (Å²) in [7, 11) is 1.71. The molecule has 1 fully saturated rings. The Kier molecular flexibility index (Phi) is 3.45. The summed E-state index contributed by atoms with van der Waals surface area (Å²) in [6.07, 6.45) is 5.55. The van der Waals surface area contributed by atoms with Gasteiger partial charge in [0.05, 0.1) is 7.11 Å². The average molecular weight is 259 g/mol. The smallest absolute Gasteiger partial charge is 0.223 e. The lowest BCUT2D eigenvalue weighted by Gasteiger charge is -2.13. The molecule has 3 nitrogen and oxygen atoms in total. The summed E-state index contributed by atoms with van der Waals surface area (Å²) in [6, 6.07) is 6.38. The van der Waals surface area contributed by atoms with E-state index in [0.29, 0.717) is 11.8 Å². The molecule has 1 aromatic rings. The van der Waals surface area contributed by atoms with Gasteiger partial charge in [-0.2, -0.15) is 0 Å². The molecule has 0 radical (unpaired) electrons. The molecule has 2 aliphatic rings. The van der Waals surface area contributed by atoms with Gasteiger partial charge in [-0.1, -0.05) is 6.07 Å². The Morgan fingerprint density at radius 2 is 2.21 bits per heavy atom. The lowest BCUT2D eigenvalue weighted by Crippen LogP contribution is -2.26. The third-order valence-electron chi connectivity index (χ3n) is 4.30. The van der Waals surface area contributed by atoms with Crippen molar-refractivity contribution in [3.63, 3.8) is 0 Å². The number of hydrogen-bond donors (Lipinski definition) is 1. The first-order valence-electron chi connectivity index (χ1n) is 7.22. The zero-order chi connectivity index (χ0) is 13.2. The number of amides is 1. The summed E-state index contributed by atoms with van der Waals surface area (Å²) >= 11 is 0. The Bertz CT molecular complexity index is 480. The minimum Gasteiger partial charge on any atom is -0.497 e. The third kappa shape index (κ3) is 2.75. The van der Waals surface area contributed by atoms with Gasteiger partial charge in [0.25, 0.3) is 0 Å². The standard InChI is InChI=1S/C16H21NO2/c1-19-14-7-6-11-2-3-12(15(11)10-14)8-9-17-16(18)13-4-5-13/h6-7,10,12-13H,2-5,8-9H2,1H3,(H,17,18)/t12-/m0/s1. The number of fused-ring (bicyclic) bond motifs is 1. The predicted molar refractivity (Wildman–Crippen MR) is 74.4 cm³/mol. The molecular formula is C16H21NO2. The van der Waals surface area contributed by atoms with Crippen LogP contribution in [0, 0.1) is 5.92 Å². The minimum atomic E-state index is 0.254. The molecule has 1 saturated carbocycles. The Labute approximate surface area is 114 Å². The number of benzene rings is 1. The van der Waals surface area contributed by atoms with E-state index >= 15 is 0 Å². The molecule has 0 bridgehead atoms. The number of hydrogen-bond acceptors (Lipinski definition) is 2. The van der Waals surface area contributed by atoms with Gasteiger partial charge in [0.2, 0.25) is 5.91 Å². The van der Waals surface area contributed by atoms with E-state index in [1.165, 1.54) is 17.5 Å². The van der Waals surface area contributed by atoms with Crippen molar-refractivity contribution in [2.45, 2.75) is 38.0 Å². The molecular weight excluding hydrogens is 238 g/mol. The van der Waals surface area contributed by atoms with Crippen LogP contribution in [0.1, 0.15) is 42.7 Å². The summed E-state index contributed by atoms with van der Waals surface area (Å²) in [5.74, 6) is 2.08.